The Morgan fingerprint density at radius 1 is 1.33 bits per heavy atom. The van der Waals surface area contributed by atoms with Gasteiger partial charge >= 0.3 is 0 Å². The second-order valence-corrected chi connectivity index (χ2v) is 3.70. The van der Waals surface area contributed by atoms with Crippen LogP contribution in [0, 0.1) is 12.0 Å². The molecule has 0 saturated heterocycles. The van der Waals surface area contributed by atoms with Crippen LogP contribution in [0.1, 0.15) is 32.1 Å². The lowest BCUT2D eigenvalue weighted by atomic mass is 10.00. The van der Waals surface area contributed by atoms with Crippen LogP contribution in [-0.2, 0) is 0 Å². The van der Waals surface area contributed by atoms with Gasteiger partial charge in [-0.3, -0.25) is 0 Å². The van der Waals surface area contributed by atoms with Crippen molar-refractivity contribution in [3.63, 3.8) is 0 Å². The molecule has 2 aliphatic rings. The number of rotatable bonds is 1. The third kappa shape index (κ3) is 1.88. The van der Waals surface area contributed by atoms with Crippen LogP contribution in [-0.4, -0.2) is 0 Å². The molecule has 1 saturated carbocycles. The normalized spacial score (nSPS) is 27.2. The molecule has 0 aromatic carbocycles. The number of hydrogen-bond donors (Lipinski definition) is 0. The van der Waals surface area contributed by atoms with Crippen LogP contribution in [0.4, 0.5) is 0 Å². The van der Waals surface area contributed by atoms with Gasteiger partial charge in [0, 0.05) is 0 Å². The maximum Gasteiger partial charge on any atom is -0.00969 e. The lowest BCUT2D eigenvalue weighted by Gasteiger charge is -2.06. The molecule has 0 nitrogen and oxygen atoms in total. The first-order valence-electron chi connectivity index (χ1n) is 4.90. The fourth-order valence-corrected chi connectivity index (χ4v) is 2.02. The van der Waals surface area contributed by atoms with E-state index >= 15 is 0 Å². The van der Waals surface area contributed by atoms with Crippen LogP contribution in [0.3, 0.4) is 0 Å². The van der Waals surface area contributed by atoms with E-state index in [1.807, 2.05) is 6.08 Å². The van der Waals surface area contributed by atoms with Gasteiger partial charge in [-0.2, -0.15) is 0 Å². The van der Waals surface area contributed by atoms with E-state index in [9.17, 15) is 0 Å². The van der Waals surface area contributed by atoms with E-state index < -0.39 is 0 Å². The first kappa shape index (κ1) is 7.85. The largest absolute Gasteiger partial charge is 0.0795 e. The fourth-order valence-electron chi connectivity index (χ4n) is 2.02. The van der Waals surface area contributed by atoms with Crippen LogP contribution in [0.2, 0.25) is 0 Å². The van der Waals surface area contributed by atoms with Gasteiger partial charge in [-0.25, -0.2) is 0 Å². The molecule has 1 radical (unpaired) electrons. The Hall–Kier alpha value is -0.780. The van der Waals surface area contributed by atoms with Crippen LogP contribution in [0.5, 0.6) is 0 Å². The Labute approximate surface area is 74.7 Å². The van der Waals surface area contributed by atoms with E-state index in [0.717, 1.165) is 12.3 Å². The van der Waals surface area contributed by atoms with E-state index in [1.54, 1.807) is 0 Å². The van der Waals surface area contributed by atoms with Crippen LogP contribution < -0.4 is 0 Å². The zero-order valence-corrected chi connectivity index (χ0v) is 7.42. The molecule has 0 atom stereocenters. The summed E-state index contributed by atoms with van der Waals surface area (Å²) in [5, 5.41) is 0. The van der Waals surface area contributed by atoms with E-state index in [1.165, 1.54) is 31.3 Å². The molecule has 0 bridgehead atoms. The van der Waals surface area contributed by atoms with Gasteiger partial charge in [-0.1, -0.05) is 37.1 Å². The highest BCUT2D eigenvalue weighted by Crippen LogP contribution is 2.28. The number of allylic oxidation sites excluding steroid dienone is 6. The molecular formula is C12H15. The zero-order valence-electron chi connectivity index (χ0n) is 7.42. The number of hydrogen-bond acceptors (Lipinski definition) is 0. The molecule has 2 aliphatic carbocycles. The molecule has 0 spiro atoms. The average Bonchev–Trinajstić information content (AvgIpc) is 2.59. The van der Waals surface area contributed by atoms with Crippen molar-refractivity contribution in [3.05, 3.63) is 36.0 Å². The highest BCUT2D eigenvalue weighted by molar-refractivity contribution is 5.27. The smallest absolute Gasteiger partial charge is 0.00969 e. The standard InChI is InChI=1S/C12H15/c1-2-6-11(7-3-1)10-12-8-4-5-9-12/h1-2,7,10,12H,4-6,8-9H2. The molecule has 0 amide bonds. The molecule has 0 unspecified atom stereocenters. The summed E-state index contributed by atoms with van der Waals surface area (Å²) in [5.74, 6) is 0.865. The Bertz CT molecular complexity index is 224. The molecule has 0 aromatic rings. The Morgan fingerprint density at radius 3 is 2.83 bits per heavy atom. The minimum atomic E-state index is 0.865. The lowest BCUT2D eigenvalue weighted by molar-refractivity contribution is 0.680. The van der Waals surface area contributed by atoms with Gasteiger partial charge in [-0.05, 0) is 36.8 Å². The van der Waals surface area contributed by atoms with Crippen molar-refractivity contribution in [2.75, 3.05) is 0 Å². The van der Waals surface area contributed by atoms with Crippen molar-refractivity contribution >= 4 is 0 Å². The zero-order chi connectivity index (χ0) is 8.23. The maximum atomic E-state index is 3.13. The summed E-state index contributed by atoms with van der Waals surface area (Å²) >= 11 is 0. The topological polar surface area (TPSA) is 0 Å². The monoisotopic (exact) mass is 159 g/mol. The molecule has 12 heavy (non-hydrogen) atoms. The van der Waals surface area contributed by atoms with Crippen molar-refractivity contribution < 1.29 is 0 Å². The summed E-state index contributed by atoms with van der Waals surface area (Å²) in [6, 6.07) is 0. The summed E-state index contributed by atoms with van der Waals surface area (Å²) in [5.41, 5.74) is 1.46. The first-order valence-corrected chi connectivity index (χ1v) is 4.90. The Morgan fingerprint density at radius 2 is 2.17 bits per heavy atom. The summed E-state index contributed by atoms with van der Waals surface area (Å²) < 4.78 is 0. The SMILES string of the molecule is [C]1=CC(=CC2CCCC2)CC=C1. The van der Waals surface area contributed by atoms with Gasteiger partial charge in [0.2, 0.25) is 0 Å². The van der Waals surface area contributed by atoms with Crippen molar-refractivity contribution in [1.82, 2.24) is 0 Å². The summed E-state index contributed by atoms with van der Waals surface area (Å²) in [6.07, 6.45) is 18.7. The van der Waals surface area contributed by atoms with E-state index in [-0.39, 0.29) is 0 Å². The third-order valence-corrected chi connectivity index (χ3v) is 2.69. The average molecular weight is 159 g/mol. The fraction of sp³-hybridized carbons (Fsp3) is 0.500. The van der Waals surface area contributed by atoms with E-state index in [4.69, 9.17) is 0 Å². The van der Waals surface area contributed by atoms with Gasteiger partial charge in [0.25, 0.3) is 0 Å². The van der Waals surface area contributed by atoms with Crippen molar-refractivity contribution in [3.8, 4) is 0 Å². The predicted molar refractivity (Wildman–Crippen MR) is 51.6 cm³/mol. The minimum Gasteiger partial charge on any atom is -0.0795 e. The van der Waals surface area contributed by atoms with Gasteiger partial charge < -0.3 is 0 Å². The van der Waals surface area contributed by atoms with Crippen LogP contribution in [0.15, 0.2) is 29.9 Å². The second kappa shape index (κ2) is 3.75. The molecule has 63 valence electrons. The molecular weight excluding hydrogens is 144 g/mol. The van der Waals surface area contributed by atoms with Gasteiger partial charge in [0.15, 0.2) is 0 Å². The molecule has 0 N–H and O–H groups in total. The highest BCUT2D eigenvalue weighted by atomic mass is 14.2. The summed E-state index contributed by atoms with van der Waals surface area (Å²) in [4.78, 5) is 0. The molecule has 1 fully saturated rings. The third-order valence-electron chi connectivity index (χ3n) is 2.69. The van der Waals surface area contributed by atoms with Crippen LogP contribution in [0.25, 0.3) is 0 Å². The highest BCUT2D eigenvalue weighted by Gasteiger charge is 2.12. The van der Waals surface area contributed by atoms with Gasteiger partial charge in [0.1, 0.15) is 0 Å². The van der Waals surface area contributed by atoms with Gasteiger partial charge in [0.05, 0.1) is 0 Å². The van der Waals surface area contributed by atoms with E-state index in [0.29, 0.717) is 0 Å². The van der Waals surface area contributed by atoms with Crippen molar-refractivity contribution in [1.29, 1.82) is 0 Å². The predicted octanol–water partition coefficient (Wildman–Crippen LogP) is 3.42. The lowest BCUT2D eigenvalue weighted by Crippen LogP contribution is -1.90. The summed E-state index contributed by atoms with van der Waals surface area (Å²) in [6.45, 7) is 0. The van der Waals surface area contributed by atoms with E-state index in [2.05, 4.69) is 24.3 Å². The Balaban J connectivity index is 1.97. The molecule has 2 rings (SSSR count). The van der Waals surface area contributed by atoms with Crippen LogP contribution >= 0.6 is 0 Å². The molecule has 0 aliphatic heterocycles. The molecule has 0 heteroatoms. The Kier molecular flexibility index (Phi) is 2.45. The molecule has 0 heterocycles. The first-order chi connectivity index (χ1) is 5.95. The van der Waals surface area contributed by atoms with Crippen molar-refractivity contribution in [2.24, 2.45) is 5.92 Å². The minimum absolute atomic E-state index is 0.865. The quantitative estimate of drug-likeness (QED) is 0.550. The summed E-state index contributed by atoms with van der Waals surface area (Å²) in [7, 11) is 0. The molecule has 0 aromatic heterocycles. The van der Waals surface area contributed by atoms with Crippen molar-refractivity contribution in [2.45, 2.75) is 32.1 Å². The van der Waals surface area contributed by atoms with Gasteiger partial charge in [-0.15, -0.1) is 0 Å². The maximum absolute atomic E-state index is 3.13. The second-order valence-electron chi connectivity index (χ2n) is 3.70.